The van der Waals surface area contributed by atoms with Gasteiger partial charge in [0.05, 0.1) is 17.2 Å². The van der Waals surface area contributed by atoms with Gasteiger partial charge in [-0.1, -0.05) is 80.6 Å². The number of pyridine rings is 1. The fourth-order valence-corrected chi connectivity index (χ4v) is 5.91. The van der Waals surface area contributed by atoms with Crippen LogP contribution in [0, 0.1) is 32.1 Å². The van der Waals surface area contributed by atoms with Crippen LogP contribution < -0.4 is 4.57 Å². The van der Waals surface area contributed by atoms with Gasteiger partial charge in [0.15, 0.2) is 6.20 Å². The molecular formula is C37H33N2O+. The fourth-order valence-electron chi connectivity index (χ4n) is 5.91. The Hall–Kier alpha value is -4.68. The Morgan fingerprint density at radius 2 is 1.32 bits per heavy atom. The van der Waals surface area contributed by atoms with Crippen LogP contribution in [-0.2, 0) is 12.5 Å². The number of fused-ring (bicyclic) bond motifs is 3. The number of rotatable bonds is 4. The minimum absolute atomic E-state index is 0.142. The summed E-state index contributed by atoms with van der Waals surface area (Å²) in [6, 6.07) is 32.1. The first-order chi connectivity index (χ1) is 19.2. The summed E-state index contributed by atoms with van der Waals surface area (Å²) in [7, 11) is 2.08. The average Bonchev–Trinajstić information content (AvgIpc) is 3.33. The molecule has 3 heteroatoms. The van der Waals surface area contributed by atoms with Gasteiger partial charge in [0.25, 0.3) is 0 Å². The van der Waals surface area contributed by atoms with E-state index < -0.39 is 0 Å². The summed E-state index contributed by atoms with van der Waals surface area (Å²) in [5, 5.41) is 12.2. The molecule has 0 radical (unpaired) electrons. The number of nitriles is 1. The van der Waals surface area contributed by atoms with Crippen LogP contribution in [0.2, 0.25) is 0 Å². The van der Waals surface area contributed by atoms with Gasteiger partial charge in [-0.3, -0.25) is 0 Å². The van der Waals surface area contributed by atoms with E-state index in [1.807, 2.05) is 18.2 Å². The van der Waals surface area contributed by atoms with Crippen molar-refractivity contribution in [2.45, 2.75) is 40.0 Å². The van der Waals surface area contributed by atoms with E-state index >= 15 is 0 Å². The van der Waals surface area contributed by atoms with Crippen LogP contribution in [-0.4, -0.2) is 0 Å². The van der Waals surface area contributed by atoms with E-state index in [0.717, 1.165) is 49.9 Å². The third-order valence-corrected chi connectivity index (χ3v) is 8.53. The Balaban J connectivity index is 1.57. The van der Waals surface area contributed by atoms with Crippen LogP contribution >= 0.6 is 0 Å². The number of aromatic nitrogens is 1. The molecular weight excluding hydrogens is 488 g/mol. The molecule has 4 aromatic carbocycles. The number of hydrogen-bond acceptors (Lipinski definition) is 2. The third kappa shape index (κ3) is 4.00. The summed E-state index contributed by atoms with van der Waals surface area (Å²) < 4.78 is 8.95. The van der Waals surface area contributed by atoms with Gasteiger partial charge in [-0.05, 0) is 60.7 Å². The molecule has 0 N–H and O–H groups in total. The van der Waals surface area contributed by atoms with Gasteiger partial charge in [-0.2, -0.15) is 5.26 Å². The summed E-state index contributed by atoms with van der Waals surface area (Å²) in [4.78, 5) is 0. The molecule has 2 heterocycles. The Bertz CT molecular complexity index is 1950. The van der Waals surface area contributed by atoms with Gasteiger partial charge in [0.2, 0.25) is 5.69 Å². The third-order valence-electron chi connectivity index (χ3n) is 8.53. The van der Waals surface area contributed by atoms with Crippen molar-refractivity contribution in [3.05, 3.63) is 125 Å². The van der Waals surface area contributed by atoms with Crippen molar-refractivity contribution in [3.63, 3.8) is 0 Å². The van der Waals surface area contributed by atoms with Gasteiger partial charge in [-0.25, -0.2) is 4.57 Å². The molecule has 0 amide bonds. The molecule has 2 aromatic heterocycles. The fraction of sp³-hybridized carbons (Fsp3) is 0.189. The summed E-state index contributed by atoms with van der Waals surface area (Å²) in [6.45, 7) is 10.9. The van der Waals surface area contributed by atoms with Crippen molar-refractivity contribution in [3.8, 4) is 28.5 Å². The first-order valence-corrected chi connectivity index (χ1v) is 13.7. The molecule has 3 nitrogen and oxygen atoms in total. The summed E-state index contributed by atoms with van der Waals surface area (Å²) >= 11 is 0. The summed E-state index contributed by atoms with van der Waals surface area (Å²) in [5.41, 5.74) is 12.2. The molecule has 0 unspecified atom stereocenters. The molecule has 0 saturated carbocycles. The average molecular weight is 522 g/mol. The lowest BCUT2D eigenvalue weighted by atomic mass is 9.78. The Morgan fingerprint density at radius 3 is 2.00 bits per heavy atom. The predicted molar refractivity (Wildman–Crippen MR) is 163 cm³/mol. The van der Waals surface area contributed by atoms with Crippen molar-refractivity contribution < 1.29 is 8.98 Å². The maximum Gasteiger partial charge on any atom is 0.216 e. The molecule has 0 aliphatic rings. The van der Waals surface area contributed by atoms with Crippen molar-refractivity contribution in [1.82, 2.24) is 0 Å². The highest BCUT2D eigenvalue weighted by Gasteiger charge is 2.25. The van der Waals surface area contributed by atoms with E-state index in [2.05, 4.69) is 125 Å². The standard InChI is InChI=1S/C37H33N2O/c1-23-12-18-30-31-19-15-27(21-38)34(26-13-16-29(17-14-26)37(4,5)28-10-8-7-9-11-28)36(31)40-35(30)33(23)32-20-24(2)25(3)22-39(32)6/h7-20,22H,1-6H3/q+1. The van der Waals surface area contributed by atoms with Gasteiger partial charge in [0.1, 0.15) is 18.2 Å². The first-order valence-electron chi connectivity index (χ1n) is 13.7. The zero-order chi connectivity index (χ0) is 28.2. The number of nitrogens with zero attached hydrogens (tertiary/aromatic N) is 2. The maximum absolute atomic E-state index is 10.1. The molecule has 40 heavy (non-hydrogen) atoms. The first kappa shape index (κ1) is 25.6. The van der Waals surface area contributed by atoms with Crippen LogP contribution in [0.1, 0.15) is 47.2 Å². The lowest BCUT2D eigenvalue weighted by molar-refractivity contribution is -0.660. The monoisotopic (exact) mass is 521 g/mol. The van der Waals surface area contributed by atoms with Gasteiger partial charge in [-0.15, -0.1) is 0 Å². The molecule has 0 bridgehead atoms. The van der Waals surface area contributed by atoms with Crippen LogP contribution in [0.4, 0.5) is 0 Å². The van der Waals surface area contributed by atoms with Crippen molar-refractivity contribution in [2.75, 3.05) is 0 Å². The zero-order valence-electron chi connectivity index (χ0n) is 24.0. The Kier molecular flexibility index (Phi) is 6.08. The van der Waals surface area contributed by atoms with Crippen LogP contribution in [0.25, 0.3) is 44.3 Å². The maximum atomic E-state index is 10.1. The van der Waals surface area contributed by atoms with Crippen LogP contribution in [0.3, 0.4) is 0 Å². The molecule has 6 aromatic rings. The zero-order valence-corrected chi connectivity index (χ0v) is 24.0. The minimum atomic E-state index is -0.142. The highest BCUT2D eigenvalue weighted by atomic mass is 16.3. The second-order valence-corrected chi connectivity index (χ2v) is 11.4. The van der Waals surface area contributed by atoms with E-state index in [9.17, 15) is 5.26 Å². The normalized spacial score (nSPS) is 11.7. The molecule has 0 spiro atoms. The lowest BCUT2D eigenvalue weighted by Gasteiger charge is -2.26. The number of benzene rings is 4. The van der Waals surface area contributed by atoms with E-state index in [1.54, 1.807) is 0 Å². The second-order valence-electron chi connectivity index (χ2n) is 11.4. The van der Waals surface area contributed by atoms with Gasteiger partial charge < -0.3 is 4.42 Å². The van der Waals surface area contributed by atoms with E-state index in [0.29, 0.717) is 5.56 Å². The van der Waals surface area contributed by atoms with Gasteiger partial charge in [0, 0.05) is 33.4 Å². The predicted octanol–water partition coefficient (Wildman–Crippen LogP) is 8.87. The highest BCUT2D eigenvalue weighted by molar-refractivity contribution is 6.14. The Labute approximate surface area is 236 Å². The molecule has 0 fully saturated rings. The van der Waals surface area contributed by atoms with Crippen molar-refractivity contribution in [2.24, 2.45) is 7.05 Å². The summed E-state index contributed by atoms with van der Waals surface area (Å²) in [5.74, 6) is 0. The molecule has 6 rings (SSSR count). The Morgan fingerprint density at radius 1 is 0.700 bits per heavy atom. The van der Waals surface area contributed by atoms with E-state index in [4.69, 9.17) is 4.42 Å². The topological polar surface area (TPSA) is 40.8 Å². The molecule has 0 atom stereocenters. The van der Waals surface area contributed by atoms with Crippen LogP contribution in [0.15, 0.2) is 95.5 Å². The summed E-state index contributed by atoms with van der Waals surface area (Å²) in [6.07, 6.45) is 2.17. The number of aryl methyl sites for hydroxylation is 4. The minimum Gasteiger partial charge on any atom is -0.454 e. The quantitative estimate of drug-likeness (QED) is 0.217. The number of furan rings is 1. The van der Waals surface area contributed by atoms with E-state index in [1.165, 1.54) is 22.3 Å². The van der Waals surface area contributed by atoms with E-state index in [-0.39, 0.29) is 5.41 Å². The molecule has 196 valence electrons. The van der Waals surface area contributed by atoms with Gasteiger partial charge >= 0.3 is 0 Å². The number of hydrogen-bond donors (Lipinski definition) is 0. The second kappa shape index (κ2) is 9.50. The van der Waals surface area contributed by atoms with Crippen LogP contribution in [0.5, 0.6) is 0 Å². The highest BCUT2D eigenvalue weighted by Crippen LogP contribution is 2.42. The SMILES string of the molecule is Cc1cc(-c2c(C)ccc3c2oc2c(-c4ccc(C(C)(C)c5ccccc5)cc4)c(C#N)ccc23)[n+](C)cc1C. The molecule has 0 aliphatic heterocycles. The van der Waals surface area contributed by atoms with Crippen molar-refractivity contribution >= 4 is 21.9 Å². The molecule has 0 saturated heterocycles. The molecule has 0 aliphatic carbocycles. The lowest BCUT2D eigenvalue weighted by Crippen LogP contribution is -2.31. The smallest absolute Gasteiger partial charge is 0.216 e. The largest absolute Gasteiger partial charge is 0.454 e. The van der Waals surface area contributed by atoms with Crippen molar-refractivity contribution in [1.29, 1.82) is 5.26 Å².